The summed E-state index contributed by atoms with van der Waals surface area (Å²) in [6.45, 7) is 2.07. The highest BCUT2D eigenvalue weighted by molar-refractivity contribution is 5.84. The lowest BCUT2D eigenvalue weighted by Gasteiger charge is -2.31. The molecule has 1 fully saturated rings. The maximum atomic E-state index is 14.1. The zero-order valence-electron chi connectivity index (χ0n) is 13.4. The van der Waals surface area contributed by atoms with E-state index in [0.29, 0.717) is 12.0 Å². The monoisotopic (exact) mass is 308 g/mol. The fraction of sp³-hybridized carbons (Fsp3) is 0.350. The Morgan fingerprint density at radius 1 is 1.17 bits per heavy atom. The van der Waals surface area contributed by atoms with Crippen molar-refractivity contribution in [3.05, 3.63) is 65.9 Å². The summed E-state index contributed by atoms with van der Waals surface area (Å²) in [6, 6.07) is 10.0. The van der Waals surface area contributed by atoms with Gasteiger partial charge < -0.3 is 4.57 Å². The fourth-order valence-corrected chi connectivity index (χ4v) is 4.06. The summed E-state index contributed by atoms with van der Waals surface area (Å²) < 4.78 is 16.4. The van der Waals surface area contributed by atoms with Crippen LogP contribution in [0.4, 0.5) is 4.39 Å². The molecule has 1 aliphatic rings. The van der Waals surface area contributed by atoms with E-state index in [4.69, 9.17) is 0 Å². The van der Waals surface area contributed by atoms with Crippen molar-refractivity contribution in [2.75, 3.05) is 0 Å². The Hall–Kier alpha value is -2.16. The first-order chi connectivity index (χ1) is 11.2. The van der Waals surface area contributed by atoms with E-state index in [-0.39, 0.29) is 5.82 Å². The van der Waals surface area contributed by atoms with Crippen LogP contribution in [0.2, 0.25) is 0 Å². The fourth-order valence-electron chi connectivity index (χ4n) is 4.06. The summed E-state index contributed by atoms with van der Waals surface area (Å²) >= 11 is 0. The summed E-state index contributed by atoms with van der Waals surface area (Å²) in [5.74, 6) is 0.428. The van der Waals surface area contributed by atoms with E-state index < -0.39 is 0 Å². The largest absolute Gasteiger partial charge is 0.344 e. The van der Waals surface area contributed by atoms with Crippen LogP contribution in [-0.2, 0) is 0 Å². The third kappa shape index (κ3) is 2.54. The van der Waals surface area contributed by atoms with Gasteiger partial charge in [-0.2, -0.15) is 0 Å². The molecule has 3 aromatic rings. The Labute approximate surface area is 136 Å². The van der Waals surface area contributed by atoms with Gasteiger partial charge in [-0.3, -0.25) is 4.98 Å². The zero-order chi connectivity index (χ0) is 15.8. The topological polar surface area (TPSA) is 17.8 Å². The van der Waals surface area contributed by atoms with Crippen molar-refractivity contribution >= 4 is 10.9 Å². The third-order valence-electron chi connectivity index (χ3n) is 5.22. The lowest BCUT2D eigenvalue weighted by Crippen LogP contribution is -2.18. The number of rotatable bonds is 2. The van der Waals surface area contributed by atoms with Crippen LogP contribution in [0.25, 0.3) is 10.9 Å². The quantitative estimate of drug-likeness (QED) is 0.621. The molecular formula is C20H21FN2. The van der Waals surface area contributed by atoms with Crippen LogP contribution in [0.5, 0.6) is 0 Å². The molecule has 23 heavy (non-hydrogen) atoms. The molecule has 2 heterocycles. The van der Waals surface area contributed by atoms with Crippen LogP contribution in [0, 0.1) is 12.7 Å². The minimum absolute atomic E-state index is 0.121. The van der Waals surface area contributed by atoms with Crippen molar-refractivity contribution in [1.29, 1.82) is 0 Å². The minimum Gasteiger partial charge on any atom is -0.344 e. The SMILES string of the molecule is Cc1ccc(F)c2ccn([C@H]3CCC[C@@H](c4cccnc4)C3)c12. The van der Waals surface area contributed by atoms with E-state index >= 15 is 0 Å². The van der Waals surface area contributed by atoms with Crippen LogP contribution < -0.4 is 0 Å². The Morgan fingerprint density at radius 2 is 2.09 bits per heavy atom. The molecule has 2 nitrogen and oxygen atoms in total. The minimum atomic E-state index is -0.121. The van der Waals surface area contributed by atoms with E-state index in [2.05, 4.69) is 28.7 Å². The van der Waals surface area contributed by atoms with Gasteiger partial charge in [-0.05, 0) is 61.4 Å². The number of aromatic nitrogens is 2. The molecule has 2 aromatic heterocycles. The molecule has 3 heteroatoms. The van der Waals surface area contributed by atoms with E-state index in [1.165, 1.54) is 18.4 Å². The summed E-state index contributed by atoms with van der Waals surface area (Å²) in [7, 11) is 0. The molecule has 2 atom stereocenters. The maximum Gasteiger partial charge on any atom is 0.132 e. The number of nitrogens with zero attached hydrogens (tertiary/aromatic N) is 2. The molecule has 0 bridgehead atoms. The molecular weight excluding hydrogens is 287 g/mol. The number of hydrogen-bond acceptors (Lipinski definition) is 1. The highest BCUT2D eigenvalue weighted by atomic mass is 19.1. The molecule has 118 valence electrons. The van der Waals surface area contributed by atoms with Gasteiger partial charge in [0, 0.05) is 30.0 Å². The van der Waals surface area contributed by atoms with Crippen molar-refractivity contribution in [1.82, 2.24) is 9.55 Å². The number of hydrogen-bond donors (Lipinski definition) is 0. The molecule has 0 saturated heterocycles. The van der Waals surface area contributed by atoms with Crippen LogP contribution in [0.3, 0.4) is 0 Å². The molecule has 0 spiro atoms. The van der Waals surface area contributed by atoms with Crippen molar-refractivity contribution in [3.8, 4) is 0 Å². The van der Waals surface area contributed by atoms with Gasteiger partial charge >= 0.3 is 0 Å². The van der Waals surface area contributed by atoms with Crippen LogP contribution >= 0.6 is 0 Å². The normalized spacial score (nSPS) is 21.7. The summed E-state index contributed by atoms with van der Waals surface area (Å²) in [5, 5.41) is 0.744. The molecule has 0 N–H and O–H groups in total. The first-order valence-corrected chi connectivity index (χ1v) is 8.39. The maximum absolute atomic E-state index is 14.1. The zero-order valence-corrected chi connectivity index (χ0v) is 13.4. The molecule has 0 unspecified atom stereocenters. The average molecular weight is 308 g/mol. The third-order valence-corrected chi connectivity index (χ3v) is 5.22. The van der Waals surface area contributed by atoms with E-state index in [1.54, 1.807) is 6.07 Å². The Balaban J connectivity index is 1.70. The molecule has 1 aliphatic carbocycles. The molecule has 0 amide bonds. The number of aryl methyl sites for hydroxylation is 1. The Kier molecular flexibility index (Phi) is 3.64. The van der Waals surface area contributed by atoms with Gasteiger partial charge in [-0.15, -0.1) is 0 Å². The number of fused-ring (bicyclic) bond motifs is 1. The highest BCUT2D eigenvalue weighted by Gasteiger charge is 2.25. The summed E-state index contributed by atoms with van der Waals surface area (Å²) in [5.41, 5.74) is 3.54. The van der Waals surface area contributed by atoms with E-state index in [1.807, 2.05) is 30.6 Å². The smallest absolute Gasteiger partial charge is 0.132 e. The van der Waals surface area contributed by atoms with Gasteiger partial charge in [-0.25, -0.2) is 4.39 Å². The summed E-state index contributed by atoms with van der Waals surface area (Å²) in [6.07, 6.45) is 10.6. The molecule has 4 rings (SSSR count). The van der Waals surface area contributed by atoms with Crippen molar-refractivity contribution < 1.29 is 4.39 Å². The van der Waals surface area contributed by atoms with Crippen molar-refractivity contribution in [2.24, 2.45) is 0 Å². The second kappa shape index (κ2) is 5.80. The average Bonchev–Trinajstić information content (AvgIpc) is 3.06. The number of halogens is 1. The molecule has 1 saturated carbocycles. The standard InChI is InChI=1S/C20H21FN2/c1-14-7-8-19(21)18-9-11-23(20(14)18)17-6-2-4-15(12-17)16-5-3-10-22-13-16/h3,5,7-11,13,15,17H,2,4,6,12H2,1H3/t15-,17+/m1/s1. The highest BCUT2D eigenvalue weighted by Crippen LogP contribution is 2.40. The molecule has 0 aliphatic heterocycles. The van der Waals surface area contributed by atoms with Crippen molar-refractivity contribution in [3.63, 3.8) is 0 Å². The Morgan fingerprint density at radius 3 is 2.91 bits per heavy atom. The molecule has 1 aromatic carbocycles. The van der Waals surface area contributed by atoms with Gasteiger partial charge in [0.25, 0.3) is 0 Å². The number of benzene rings is 1. The van der Waals surface area contributed by atoms with Gasteiger partial charge in [-0.1, -0.05) is 18.6 Å². The second-order valence-electron chi connectivity index (χ2n) is 6.65. The predicted molar refractivity (Wildman–Crippen MR) is 91.1 cm³/mol. The predicted octanol–water partition coefficient (Wildman–Crippen LogP) is 5.38. The number of pyridine rings is 1. The first kappa shape index (κ1) is 14.4. The van der Waals surface area contributed by atoms with E-state index in [9.17, 15) is 4.39 Å². The Bertz CT molecular complexity index is 822. The lowest BCUT2D eigenvalue weighted by molar-refractivity contribution is 0.325. The van der Waals surface area contributed by atoms with Crippen LogP contribution in [0.1, 0.15) is 48.8 Å². The van der Waals surface area contributed by atoms with Crippen molar-refractivity contribution in [2.45, 2.75) is 44.6 Å². The molecule has 0 radical (unpaired) electrons. The lowest BCUT2D eigenvalue weighted by atomic mass is 9.82. The summed E-state index contributed by atoms with van der Waals surface area (Å²) in [4.78, 5) is 4.27. The van der Waals surface area contributed by atoms with Gasteiger partial charge in [0.1, 0.15) is 5.82 Å². The van der Waals surface area contributed by atoms with Crippen LogP contribution in [0.15, 0.2) is 48.9 Å². The van der Waals surface area contributed by atoms with Gasteiger partial charge in [0.15, 0.2) is 0 Å². The van der Waals surface area contributed by atoms with Gasteiger partial charge in [0.2, 0.25) is 0 Å². The second-order valence-corrected chi connectivity index (χ2v) is 6.65. The van der Waals surface area contributed by atoms with Crippen LogP contribution in [-0.4, -0.2) is 9.55 Å². The van der Waals surface area contributed by atoms with E-state index in [0.717, 1.165) is 29.3 Å². The van der Waals surface area contributed by atoms with Gasteiger partial charge in [0.05, 0.1) is 5.52 Å². The first-order valence-electron chi connectivity index (χ1n) is 8.39.